The number of nitriles is 1. The molecule has 294 valence electrons. The third kappa shape index (κ3) is 7.73. The molecule has 0 aliphatic carbocycles. The van der Waals surface area contributed by atoms with E-state index >= 15 is 0 Å². The van der Waals surface area contributed by atoms with Crippen molar-refractivity contribution in [1.82, 2.24) is 24.7 Å². The van der Waals surface area contributed by atoms with Gasteiger partial charge in [0.05, 0.1) is 5.56 Å². The number of nitrogens with zero attached hydrogens (tertiary/aromatic N) is 6. The van der Waals surface area contributed by atoms with Gasteiger partial charge in [-0.3, -0.25) is 14.6 Å². The van der Waals surface area contributed by atoms with E-state index in [1.165, 1.54) is 6.07 Å². The van der Waals surface area contributed by atoms with Crippen LogP contribution in [0, 0.1) is 31.1 Å². The smallest absolute Gasteiger partial charge is 0.387 e. The zero-order valence-corrected chi connectivity index (χ0v) is 32.4. The number of oxazole rings is 2. The van der Waals surface area contributed by atoms with E-state index in [0.29, 0.717) is 64.8 Å². The zero-order chi connectivity index (χ0) is 40.0. The van der Waals surface area contributed by atoms with Crippen molar-refractivity contribution >= 4 is 28.2 Å². The van der Waals surface area contributed by atoms with Crippen LogP contribution in [-0.2, 0) is 17.9 Å². The van der Waals surface area contributed by atoms with Crippen LogP contribution in [0.3, 0.4) is 0 Å². The Kier molecular flexibility index (Phi) is 10.5. The predicted molar refractivity (Wildman–Crippen MR) is 212 cm³/mol. The van der Waals surface area contributed by atoms with Gasteiger partial charge in [0.2, 0.25) is 11.8 Å². The number of rotatable bonds is 12. The molecule has 0 spiro atoms. The molecule has 57 heavy (non-hydrogen) atoms. The van der Waals surface area contributed by atoms with Gasteiger partial charge in [-0.25, -0.2) is 9.97 Å². The van der Waals surface area contributed by atoms with Gasteiger partial charge in [-0.05, 0) is 124 Å². The Morgan fingerprint density at radius 3 is 2.30 bits per heavy atom. The number of carboxylic acids is 1. The number of hydrogen-bond acceptors (Lipinski definition) is 10. The second-order valence-corrected chi connectivity index (χ2v) is 15.5. The van der Waals surface area contributed by atoms with Crippen molar-refractivity contribution in [2.75, 3.05) is 40.3 Å². The normalized spacial score (nSPS) is 17.7. The van der Waals surface area contributed by atoms with E-state index in [-0.39, 0.29) is 17.9 Å². The molecule has 2 fully saturated rings. The molecule has 2 atom stereocenters. The number of aromatic nitrogens is 2. The van der Waals surface area contributed by atoms with Crippen molar-refractivity contribution in [3.05, 3.63) is 88.5 Å². The second kappa shape index (κ2) is 15.7. The molecule has 2 aromatic heterocycles. The molecule has 4 aromatic carbocycles. The van der Waals surface area contributed by atoms with E-state index in [2.05, 4.69) is 30.0 Å². The summed E-state index contributed by atoms with van der Waals surface area (Å²) in [6, 6.07) is 20.4. The molecule has 0 bridgehead atoms. The average Bonchev–Trinajstić information content (AvgIpc) is 3.98. The standard InChI is InChI=1S/C44H44F2N6O5/c1-25-31(8-5-10-33(25)41-48-35-18-30(24-52-14-7-12-37(52)43(53)54)38(56-44(45)46)19-39(35)55-41)32-9-6-11-34(26(32)2)42-49-36-17-28(16-29(20-47)40(36)57-42)23-51-15-13-27(22-51)21-50(3)4/h5-6,8-11,16-19,27,37,44H,7,12-15,21-24H2,1-4H3,(H,53,54)/t27?,37-/m0/s1. The van der Waals surface area contributed by atoms with E-state index in [0.717, 1.165) is 71.5 Å². The largest absolute Gasteiger partial charge is 0.480 e. The van der Waals surface area contributed by atoms with Crippen LogP contribution in [0.2, 0.25) is 0 Å². The Morgan fingerprint density at radius 1 is 0.947 bits per heavy atom. The number of likely N-dealkylation sites (tertiary alicyclic amines) is 2. The van der Waals surface area contributed by atoms with Crippen molar-refractivity contribution in [3.63, 3.8) is 0 Å². The van der Waals surface area contributed by atoms with Crippen molar-refractivity contribution in [2.45, 2.75) is 58.9 Å². The first-order valence-corrected chi connectivity index (χ1v) is 19.2. The molecule has 0 amide bonds. The summed E-state index contributed by atoms with van der Waals surface area (Å²) in [6.45, 7) is 5.43. The number of alkyl halides is 2. The highest BCUT2D eigenvalue weighted by molar-refractivity contribution is 5.86. The van der Waals surface area contributed by atoms with Crippen LogP contribution in [0.5, 0.6) is 5.75 Å². The topological polar surface area (TPSA) is 132 Å². The van der Waals surface area contributed by atoms with Crippen LogP contribution in [0.4, 0.5) is 8.78 Å². The van der Waals surface area contributed by atoms with Crippen molar-refractivity contribution in [3.8, 4) is 45.9 Å². The SMILES string of the molecule is Cc1c(-c2nc3cc(CN4CCC[C@H]4C(=O)O)c(OC(F)F)cc3o2)cccc1-c1cccc(-c2nc3cc(CN4CCC(CN(C)C)C4)cc(C#N)c3o2)c1C. The minimum atomic E-state index is -3.07. The third-order valence-corrected chi connectivity index (χ3v) is 11.3. The lowest BCUT2D eigenvalue weighted by atomic mass is 9.91. The van der Waals surface area contributed by atoms with E-state index < -0.39 is 18.6 Å². The summed E-state index contributed by atoms with van der Waals surface area (Å²) < 4.78 is 44.5. The molecule has 1 unspecified atom stereocenters. The molecule has 2 aliphatic heterocycles. The Balaban J connectivity index is 1.10. The average molecular weight is 775 g/mol. The van der Waals surface area contributed by atoms with Gasteiger partial charge in [0, 0.05) is 48.9 Å². The fraction of sp³-hybridized carbons (Fsp3) is 0.364. The van der Waals surface area contributed by atoms with Gasteiger partial charge >= 0.3 is 12.6 Å². The zero-order valence-electron chi connectivity index (χ0n) is 32.4. The second-order valence-electron chi connectivity index (χ2n) is 15.5. The lowest BCUT2D eigenvalue weighted by Gasteiger charge is -2.22. The maximum absolute atomic E-state index is 13.5. The molecule has 6 aromatic rings. The number of benzene rings is 4. The number of halogens is 2. The Morgan fingerprint density at radius 2 is 1.63 bits per heavy atom. The molecule has 0 saturated carbocycles. The first-order valence-electron chi connectivity index (χ1n) is 19.2. The summed E-state index contributed by atoms with van der Waals surface area (Å²) in [5.74, 6) is 0.350. The first-order chi connectivity index (χ1) is 27.4. The molecule has 1 N–H and O–H groups in total. The number of fused-ring (bicyclic) bond motifs is 2. The molecule has 2 aliphatic rings. The van der Waals surface area contributed by atoms with Gasteiger partial charge in [0.25, 0.3) is 0 Å². The maximum Gasteiger partial charge on any atom is 0.387 e. The van der Waals surface area contributed by atoms with Gasteiger partial charge in [-0.2, -0.15) is 14.0 Å². The molecule has 11 nitrogen and oxygen atoms in total. The molecular formula is C44H44F2N6O5. The van der Waals surface area contributed by atoms with Crippen LogP contribution in [0.25, 0.3) is 56.2 Å². The van der Waals surface area contributed by atoms with Gasteiger partial charge < -0.3 is 23.6 Å². The summed E-state index contributed by atoms with van der Waals surface area (Å²) in [6.07, 6.45) is 2.35. The van der Waals surface area contributed by atoms with Crippen LogP contribution in [0.15, 0.2) is 69.5 Å². The number of hydrogen-bond donors (Lipinski definition) is 1. The van der Waals surface area contributed by atoms with Crippen molar-refractivity contribution in [2.24, 2.45) is 5.92 Å². The fourth-order valence-corrected chi connectivity index (χ4v) is 8.64. The fourth-order valence-electron chi connectivity index (χ4n) is 8.64. The minimum Gasteiger partial charge on any atom is -0.480 e. The number of ether oxygens (including phenoxy) is 1. The van der Waals surface area contributed by atoms with E-state index in [1.807, 2.05) is 62.4 Å². The lowest BCUT2D eigenvalue weighted by molar-refractivity contribution is -0.142. The molecule has 8 rings (SSSR count). The molecule has 4 heterocycles. The Hall–Kier alpha value is -5.68. The highest BCUT2D eigenvalue weighted by atomic mass is 19.3. The summed E-state index contributed by atoms with van der Waals surface area (Å²) in [4.78, 5) is 27.9. The Bertz CT molecular complexity index is 2520. The monoisotopic (exact) mass is 774 g/mol. The highest BCUT2D eigenvalue weighted by Gasteiger charge is 2.32. The number of carboxylic acid groups (broad SMARTS) is 1. The van der Waals surface area contributed by atoms with Gasteiger partial charge in [-0.1, -0.05) is 24.3 Å². The Labute approximate surface area is 329 Å². The van der Waals surface area contributed by atoms with Crippen molar-refractivity contribution < 1.29 is 32.3 Å². The summed E-state index contributed by atoms with van der Waals surface area (Å²) in [5.41, 5.74) is 8.95. The summed E-state index contributed by atoms with van der Waals surface area (Å²) >= 11 is 0. The van der Waals surface area contributed by atoms with E-state index in [1.54, 1.807) is 11.0 Å². The van der Waals surface area contributed by atoms with E-state index in [9.17, 15) is 23.9 Å². The molecule has 0 radical (unpaired) electrons. The molecular weight excluding hydrogens is 731 g/mol. The lowest BCUT2D eigenvalue weighted by Crippen LogP contribution is -2.35. The highest BCUT2D eigenvalue weighted by Crippen LogP contribution is 2.39. The minimum absolute atomic E-state index is 0.0770. The van der Waals surface area contributed by atoms with Crippen LogP contribution in [-0.4, -0.2) is 88.7 Å². The third-order valence-electron chi connectivity index (χ3n) is 11.3. The molecule has 13 heteroatoms. The van der Waals surface area contributed by atoms with Crippen LogP contribution < -0.4 is 4.74 Å². The predicted octanol–water partition coefficient (Wildman–Crippen LogP) is 8.49. The number of aliphatic carboxylic acids is 1. The van der Waals surface area contributed by atoms with Gasteiger partial charge in [0.15, 0.2) is 11.2 Å². The quantitative estimate of drug-likeness (QED) is 0.128. The van der Waals surface area contributed by atoms with Crippen LogP contribution in [0.1, 0.15) is 47.1 Å². The summed E-state index contributed by atoms with van der Waals surface area (Å²) in [7, 11) is 4.21. The summed E-state index contributed by atoms with van der Waals surface area (Å²) in [5, 5.41) is 19.8. The first kappa shape index (κ1) is 38.2. The number of carbonyl (C=O) groups is 1. The maximum atomic E-state index is 13.5. The van der Waals surface area contributed by atoms with E-state index in [4.69, 9.17) is 23.5 Å². The van der Waals surface area contributed by atoms with Gasteiger partial charge in [-0.15, -0.1) is 0 Å². The van der Waals surface area contributed by atoms with Crippen molar-refractivity contribution in [1.29, 1.82) is 5.26 Å². The van der Waals surface area contributed by atoms with Crippen LogP contribution >= 0.6 is 0 Å². The van der Waals surface area contributed by atoms with Gasteiger partial charge in [0.1, 0.15) is 28.9 Å². The molecule has 2 saturated heterocycles.